The third-order valence-corrected chi connectivity index (χ3v) is 3.13. The van der Waals surface area contributed by atoms with Gasteiger partial charge in [-0.1, -0.05) is 36.4 Å². The molecule has 2 aromatic carbocycles. The number of nitrogens with zero attached hydrogens (tertiary/aromatic N) is 1. The Kier molecular flexibility index (Phi) is 4.48. The Hall–Kier alpha value is -2.20. The van der Waals surface area contributed by atoms with E-state index in [0.29, 0.717) is 12.2 Å². The molecule has 0 saturated heterocycles. The summed E-state index contributed by atoms with van der Waals surface area (Å²) < 4.78 is 13.3. The number of rotatable bonds is 4. The van der Waals surface area contributed by atoms with Crippen molar-refractivity contribution < 1.29 is 9.18 Å². The molecule has 0 bridgehead atoms. The summed E-state index contributed by atoms with van der Waals surface area (Å²) in [6.07, 6.45) is 0. The minimum atomic E-state index is -0.751. The number of carbonyl (C=O) groups excluding carboxylic acids is 1. The van der Waals surface area contributed by atoms with Gasteiger partial charge in [0.1, 0.15) is 11.9 Å². The van der Waals surface area contributed by atoms with Crippen LogP contribution in [0.1, 0.15) is 18.5 Å². The molecule has 0 spiro atoms. The second-order valence-electron chi connectivity index (χ2n) is 4.45. The van der Waals surface area contributed by atoms with E-state index in [4.69, 9.17) is 5.73 Å². The summed E-state index contributed by atoms with van der Waals surface area (Å²) in [5.41, 5.74) is 7.27. The fourth-order valence-electron chi connectivity index (χ4n) is 2.08. The minimum absolute atomic E-state index is 0.246. The summed E-state index contributed by atoms with van der Waals surface area (Å²) >= 11 is 0. The normalized spacial score (nSPS) is 11.9. The monoisotopic (exact) mass is 272 g/mol. The molecule has 0 radical (unpaired) electrons. The van der Waals surface area contributed by atoms with E-state index in [1.807, 2.05) is 37.3 Å². The zero-order valence-electron chi connectivity index (χ0n) is 11.3. The topological polar surface area (TPSA) is 46.3 Å². The van der Waals surface area contributed by atoms with Crippen molar-refractivity contribution in [2.24, 2.45) is 5.73 Å². The SMILES string of the molecule is CCN(C(=O)[C@H](N)c1ccccc1)c1cccc(F)c1. The molecule has 0 heterocycles. The lowest BCUT2D eigenvalue weighted by molar-refractivity contribution is -0.119. The van der Waals surface area contributed by atoms with Crippen molar-refractivity contribution in [3.63, 3.8) is 0 Å². The molecule has 1 atom stereocenters. The molecule has 1 amide bonds. The van der Waals surface area contributed by atoms with Gasteiger partial charge in [-0.05, 0) is 30.7 Å². The number of amides is 1. The first-order valence-electron chi connectivity index (χ1n) is 6.51. The molecule has 0 saturated carbocycles. The third-order valence-electron chi connectivity index (χ3n) is 3.13. The number of anilines is 1. The molecule has 2 aromatic rings. The van der Waals surface area contributed by atoms with Gasteiger partial charge in [0, 0.05) is 12.2 Å². The van der Waals surface area contributed by atoms with Gasteiger partial charge in [-0.15, -0.1) is 0 Å². The highest BCUT2D eigenvalue weighted by molar-refractivity contribution is 5.97. The van der Waals surface area contributed by atoms with E-state index in [0.717, 1.165) is 5.56 Å². The molecule has 104 valence electrons. The first-order valence-corrected chi connectivity index (χ1v) is 6.51. The molecule has 2 rings (SSSR count). The molecule has 0 aliphatic rings. The van der Waals surface area contributed by atoms with Crippen LogP contribution in [0.5, 0.6) is 0 Å². The van der Waals surface area contributed by atoms with E-state index in [1.165, 1.54) is 17.0 Å². The smallest absolute Gasteiger partial charge is 0.248 e. The van der Waals surface area contributed by atoms with E-state index >= 15 is 0 Å². The zero-order chi connectivity index (χ0) is 14.5. The number of halogens is 1. The summed E-state index contributed by atoms with van der Waals surface area (Å²) in [7, 11) is 0. The van der Waals surface area contributed by atoms with Crippen molar-refractivity contribution in [2.45, 2.75) is 13.0 Å². The molecular formula is C16H17FN2O. The summed E-state index contributed by atoms with van der Waals surface area (Å²) in [4.78, 5) is 14.0. The second-order valence-corrected chi connectivity index (χ2v) is 4.45. The Morgan fingerprint density at radius 3 is 2.50 bits per heavy atom. The van der Waals surface area contributed by atoms with Crippen molar-refractivity contribution in [1.29, 1.82) is 0 Å². The predicted molar refractivity (Wildman–Crippen MR) is 77.8 cm³/mol. The maximum atomic E-state index is 13.3. The van der Waals surface area contributed by atoms with Crippen LogP contribution in [0.15, 0.2) is 54.6 Å². The number of hydrogen-bond donors (Lipinski definition) is 1. The van der Waals surface area contributed by atoms with Crippen molar-refractivity contribution in [2.75, 3.05) is 11.4 Å². The van der Waals surface area contributed by atoms with Crippen LogP contribution in [0.2, 0.25) is 0 Å². The average Bonchev–Trinajstić information content (AvgIpc) is 2.48. The molecule has 20 heavy (non-hydrogen) atoms. The van der Waals surface area contributed by atoms with E-state index in [9.17, 15) is 9.18 Å². The molecule has 4 heteroatoms. The standard InChI is InChI=1S/C16H17FN2O/c1-2-19(14-10-6-9-13(17)11-14)16(20)15(18)12-7-4-3-5-8-12/h3-11,15H,2,18H2,1H3/t15-/m1/s1. The fourth-order valence-corrected chi connectivity index (χ4v) is 2.08. The van der Waals surface area contributed by atoms with Gasteiger partial charge in [0.25, 0.3) is 0 Å². The maximum Gasteiger partial charge on any atom is 0.248 e. The van der Waals surface area contributed by atoms with Gasteiger partial charge < -0.3 is 10.6 Å². The van der Waals surface area contributed by atoms with Gasteiger partial charge in [0.2, 0.25) is 5.91 Å². The third kappa shape index (κ3) is 3.03. The lowest BCUT2D eigenvalue weighted by Crippen LogP contribution is -2.38. The van der Waals surface area contributed by atoms with Gasteiger partial charge in [0.05, 0.1) is 0 Å². The summed E-state index contributed by atoms with van der Waals surface area (Å²) in [6.45, 7) is 2.27. The highest BCUT2D eigenvalue weighted by atomic mass is 19.1. The number of likely N-dealkylation sites (N-methyl/N-ethyl adjacent to an activating group) is 1. The van der Waals surface area contributed by atoms with Gasteiger partial charge in [-0.3, -0.25) is 4.79 Å². The molecular weight excluding hydrogens is 255 g/mol. The highest BCUT2D eigenvalue weighted by Gasteiger charge is 2.22. The van der Waals surface area contributed by atoms with Crippen molar-refractivity contribution in [3.05, 3.63) is 66.0 Å². The van der Waals surface area contributed by atoms with Crippen LogP contribution in [0, 0.1) is 5.82 Å². The lowest BCUT2D eigenvalue weighted by atomic mass is 10.1. The van der Waals surface area contributed by atoms with Crippen LogP contribution in [0.25, 0.3) is 0 Å². The molecule has 0 unspecified atom stereocenters. The Morgan fingerprint density at radius 2 is 1.90 bits per heavy atom. The first-order chi connectivity index (χ1) is 9.63. The number of carbonyl (C=O) groups is 1. The average molecular weight is 272 g/mol. The van der Waals surface area contributed by atoms with Crippen LogP contribution in [-0.4, -0.2) is 12.5 Å². The summed E-state index contributed by atoms with van der Waals surface area (Å²) in [6, 6.07) is 14.4. The highest BCUT2D eigenvalue weighted by Crippen LogP contribution is 2.20. The molecule has 0 fully saturated rings. The summed E-state index contributed by atoms with van der Waals surface area (Å²) in [5.74, 6) is -0.619. The molecule has 2 N–H and O–H groups in total. The number of hydrogen-bond acceptors (Lipinski definition) is 2. The van der Waals surface area contributed by atoms with E-state index < -0.39 is 6.04 Å². The lowest BCUT2D eigenvalue weighted by Gasteiger charge is -2.24. The Bertz CT molecular complexity index is 586. The maximum absolute atomic E-state index is 13.3. The van der Waals surface area contributed by atoms with Crippen molar-refractivity contribution in [3.8, 4) is 0 Å². The van der Waals surface area contributed by atoms with Crippen LogP contribution >= 0.6 is 0 Å². The first kappa shape index (κ1) is 14.2. The van der Waals surface area contributed by atoms with Gasteiger partial charge in [-0.25, -0.2) is 4.39 Å². The minimum Gasteiger partial charge on any atom is -0.316 e. The second kappa shape index (κ2) is 6.30. The van der Waals surface area contributed by atoms with Gasteiger partial charge in [0.15, 0.2) is 0 Å². The zero-order valence-corrected chi connectivity index (χ0v) is 11.3. The number of nitrogens with two attached hydrogens (primary N) is 1. The van der Waals surface area contributed by atoms with Crippen LogP contribution in [-0.2, 0) is 4.79 Å². The quantitative estimate of drug-likeness (QED) is 0.930. The van der Waals surface area contributed by atoms with E-state index in [1.54, 1.807) is 12.1 Å². The van der Waals surface area contributed by atoms with Crippen LogP contribution in [0.3, 0.4) is 0 Å². The van der Waals surface area contributed by atoms with E-state index in [-0.39, 0.29) is 11.7 Å². The van der Waals surface area contributed by atoms with Crippen molar-refractivity contribution >= 4 is 11.6 Å². The van der Waals surface area contributed by atoms with Gasteiger partial charge >= 0.3 is 0 Å². The largest absolute Gasteiger partial charge is 0.316 e. The molecule has 0 aromatic heterocycles. The molecule has 3 nitrogen and oxygen atoms in total. The van der Waals surface area contributed by atoms with Crippen LogP contribution in [0.4, 0.5) is 10.1 Å². The Labute approximate surface area is 117 Å². The van der Waals surface area contributed by atoms with E-state index in [2.05, 4.69) is 0 Å². The predicted octanol–water partition coefficient (Wildman–Crippen LogP) is 2.88. The fraction of sp³-hybridized carbons (Fsp3) is 0.188. The molecule has 0 aliphatic heterocycles. The summed E-state index contributed by atoms with van der Waals surface area (Å²) in [5, 5.41) is 0. The van der Waals surface area contributed by atoms with Crippen molar-refractivity contribution in [1.82, 2.24) is 0 Å². The Balaban J connectivity index is 2.26. The Morgan fingerprint density at radius 1 is 1.20 bits per heavy atom. The number of benzene rings is 2. The van der Waals surface area contributed by atoms with Gasteiger partial charge in [-0.2, -0.15) is 0 Å². The van der Waals surface area contributed by atoms with Crippen LogP contribution < -0.4 is 10.6 Å². The molecule has 0 aliphatic carbocycles.